The Morgan fingerprint density at radius 2 is 2.15 bits per heavy atom. The van der Waals surface area contributed by atoms with Crippen LogP contribution >= 0.6 is 0 Å². The number of carbonyl (C=O) groups is 1. The lowest BCUT2D eigenvalue weighted by atomic mass is 10.1. The van der Waals surface area contributed by atoms with Gasteiger partial charge in [0.25, 0.3) is 0 Å². The van der Waals surface area contributed by atoms with Gasteiger partial charge in [0.2, 0.25) is 5.78 Å². The van der Waals surface area contributed by atoms with Crippen molar-refractivity contribution < 1.29 is 14.5 Å². The van der Waals surface area contributed by atoms with Crippen LogP contribution in [0.2, 0.25) is 0 Å². The Morgan fingerprint density at radius 1 is 1.33 bits per heavy atom. The van der Waals surface area contributed by atoms with E-state index in [1.807, 2.05) is 12.1 Å². The van der Waals surface area contributed by atoms with Crippen LogP contribution in [0.25, 0.3) is 6.08 Å². The van der Waals surface area contributed by atoms with Crippen molar-refractivity contribution in [3.8, 4) is 5.75 Å². The molecule has 0 bridgehead atoms. The summed E-state index contributed by atoms with van der Waals surface area (Å²) in [6.45, 7) is 0.300. The number of allylic oxidation sites excluding steroid dienone is 1. The molecule has 0 atom stereocenters. The van der Waals surface area contributed by atoms with Gasteiger partial charge in [0.1, 0.15) is 23.8 Å². The van der Waals surface area contributed by atoms with E-state index in [1.54, 1.807) is 38.6 Å². The van der Waals surface area contributed by atoms with Gasteiger partial charge in [-0.05, 0) is 29.8 Å². The molecule has 0 aliphatic rings. The van der Waals surface area contributed by atoms with Crippen LogP contribution in [0.3, 0.4) is 0 Å². The van der Waals surface area contributed by atoms with E-state index >= 15 is 0 Å². The number of aryl methyl sites for hydroxylation is 1. The highest BCUT2D eigenvalue weighted by Crippen LogP contribution is 2.22. The first kappa shape index (κ1) is 18.1. The van der Waals surface area contributed by atoms with E-state index < -0.39 is 4.92 Å². The van der Waals surface area contributed by atoms with Crippen molar-refractivity contribution in [2.45, 2.75) is 6.54 Å². The number of aromatic nitrogens is 4. The van der Waals surface area contributed by atoms with E-state index in [9.17, 15) is 14.9 Å². The summed E-state index contributed by atoms with van der Waals surface area (Å²) in [6.07, 6.45) is 7.29. The maximum absolute atomic E-state index is 12.2. The van der Waals surface area contributed by atoms with E-state index in [0.29, 0.717) is 18.0 Å². The molecule has 0 aliphatic heterocycles. The lowest BCUT2D eigenvalue weighted by molar-refractivity contribution is -0.385. The highest BCUT2D eigenvalue weighted by atomic mass is 16.6. The third-order valence-electron chi connectivity index (χ3n) is 3.97. The number of ether oxygens (including phenoxy) is 1. The molecule has 9 heteroatoms. The zero-order valence-corrected chi connectivity index (χ0v) is 14.8. The van der Waals surface area contributed by atoms with Gasteiger partial charge >= 0.3 is 5.69 Å². The lowest BCUT2D eigenvalue weighted by Crippen LogP contribution is -2.04. The number of benzene rings is 1. The van der Waals surface area contributed by atoms with E-state index in [1.165, 1.54) is 27.8 Å². The smallest absolute Gasteiger partial charge is 0.307 e. The monoisotopic (exact) mass is 367 g/mol. The summed E-state index contributed by atoms with van der Waals surface area (Å²) in [5.74, 6) is 0.471. The zero-order valence-electron chi connectivity index (χ0n) is 14.8. The van der Waals surface area contributed by atoms with Crippen LogP contribution in [0.4, 0.5) is 5.69 Å². The summed E-state index contributed by atoms with van der Waals surface area (Å²) in [5, 5.41) is 18.8. The Balaban J connectivity index is 1.82. The number of carbonyl (C=O) groups excluding carboxylic acids is 1. The number of nitrogens with zero attached hydrogens (tertiary/aromatic N) is 5. The van der Waals surface area contributed by atoms with Crippen molar-refractivity contribution >= 4 is 17.5 Å². The van der Waals surface area contributed by atoms with Gasteiger partial charge < -0.3 is 4.74 Å². The number of rotatable bonds is 7. The number of hydrogen-bond acceptors (Lipinski definition) is 6. The molecule has 2 heterocycles. The zero-order chi connectivity index (χ0) is 19.4. The fourth-order valence-electron chi connectivity index (χ4n) is 2.61. The molecule has 0 unspecified atom stereocenters. The van der Waals surface area contributed by atoms with E-state index in [0.717, 1.165) is 11.1 Å². The molecule has 2 aromatic heterocycles. The van der Waals surface area contributed by atoms with E-state index in [4.69, 9.17) is 4.74 Å². The van der Waals surface area contributed by atoms with Gasteiger partial charge in [0.05, 0.1) is 18.6 Å². The summed E-state index contributed by atoms with van der Waals surface area (Å²) in [5.41, 5.74) is 1.99. The molecule has 0 spiro atoms. The molecule has 0 amide bonds. The molecule has 0 N–H and O–H groups in total. The molecule has 0 saturated carbocycles. The molecular weight excluding hydrogens is 350 g/mol. The summed E-state index contributed by atoms with van der Waals surface area (Å²) >= 11 is 0. The summed E-state index contributed by atoms with van der Waals surface area (Å²) in [7, 11) is 3.25. The predicted molar refractivity (Wildman–Crippen MR) is 97.5 cm³/mol. The Morgan fingerprint density at radius 3 is 2.78 bits per heavy atom. The fourth-order valence-corrected chi connectivity index (χ4v) is 2.61. The minimum absolute atomic E-state index is 0.0770. The molecule has 3 rings (SSSR count). The Kier molecular flexibility index (Phi) is 5.11. The first-order valence-electron chi connectivity index (χ1n) is 8.02. The standard InChI is InChI=1S/C18H17N5O4/c1-21-16(7-8-19-21)17(24)5-3-13-4-6-18(27-2)14(9-13)11-22-12-15(10-20-22)23(25)26/h3-10,12H,11H2,1-2H3/b5-3+. The molecule has 0 aliphatic carbocycles. The molecule has 0 radical (unpaired) electrons. The first-order chi connectivity index (χ1) is 13.0. The topological polar surface area (TPSA) is 105 Å². The molecule has 0 saturated heterocycles. The fraction of sp³-hybridized carbons (Fsp3) is 0.167. The van der Waals surface area contributed by atoms with Crippen molar-refractivity contribution in [2.75, 3.05) is 7.11 Å². The normalized spacial score (nSPS) is 11.0. The summed E-state index contributed by atoms with van der Waals surface area (Å²) < 4.78 is 8.32. The predicted octanol–water partition coefficient (Wildman–Crippen LogP) is 2.48. The van der Waals surface area contributed by atoms with Crippen molar-refractivity contribution in [3.63, 3.8) is 0 Å². The van der Waals surface area contributed by atoms with E-state index in [-0.39, 0.29) is 11.5 Å². The highest BCUT2D eigenvalue weighted by Gasteiger charge is 2.11. The van der Waals surface area contributed by atoms with Crippen LogP contribution in [0.15, 0.2) is 48.9 Å². The molecule has 3 aromatic rings. The average molecular weight is 367 g/mol. The van der Waals surface area contributed by atoms with Crippen molar-refractivity contribution in [3.05, 3.63) is 75.9 Å². The second-order valence-corrected chi connectivity index (χ2v) is 5.76. The quantitative estimate of drug-likeness (QED) is 0.275. The number of hydrogen-bond donors (Lipinski definition) is 0. The Labute approximate surface area is 154 Å². The van der Waals surface area contributed by atoms with Crippen molar-refractivity contribution in [2.24, 2.45) is 7.05 Å². The van der Waals surface area contributed by atoms with Crippen LogP contribution in [-0.2, 0) is 13.6 Å². The van der Waals surface area contributed by atoms with Crippen molar-refractivity contribution in [1.29, 1.82) is 0 Å². The highest BCUT2D eigenvalue weighted by molar-refractivity contribution is 6.05. The second-order valence-electron chi connectivity index (χ2n) is 5.76. The maximum Gasteiger partial charge on any atom is 0.307 e. The number of ketones is 1. The van der Waals surface area contributed by atoms with Gasteiger partial charge in [-0.25, -0.2) is 0 Å². The molecule has 1 aromatic carbocycles. The molecule has 0 fully saturated rings. The Bertz CT molecular complexity index is 1020. The third kappa shape index (κ3) is 4.09. The second kappa shape index (κ2) is 7.65. The third-order valence-corrected chi connectivity index (χ3v) is 3.97. The van der Waals surface area contributed by atoms with Crippen LogP contribution in [-0.4, -0.2) is 37.4 Å². The largest absolute Gasteiger partial charge is 0.496 e. The van der Waals surface area contributed by atoms with Gasteiger partial charge in [-0.15, -0.1) is 0 Å². The molecular formula is C18H17N5O4. The first-order valence-corrected chi connectivity index (χ1v) is 8.02. The molecule has 27 heavy (non-hydrogen) atoms. The van der Waals surface area contributed by atoms with Gasteiger partial charge in [0, 0.05) is 18.8 Å². The Hall–Kier alpha value is -3.75. The number of methoxy groups -OCH3 is 1. The number of nitro groups is 1. The minimum Gasteiger partial charge on any atom is -0.496 e. The average Bonchev–Trinajstić information content (AvgIpc) is 3.29. The maximum atomic E-state index is 12.2. The van der Waals surface area contributed by atoms with Gasteiger partial charge in [-0.1, -0.05) is 12.1 Å². The van der Waals surface area contributed by atoms with Crippen LogP contribution in [0, 0.1) is 10.1 Å². The SMILES string of the molecule is COc1ccc(/C=C/C(=O)c2ccnn2C)cc1Cn1cc([N+](=O)[O-])cn1. The van der Waals surface area contributed by atoms with Gasteiger partial charge in [-0.3, -0.25) is 24.3 Å². The summed E-state index contributed by atoms with van der Waals surface area (Å²) in [6, 6.07) is 7.10. The molecule has 138 valence electrons. The van der Waals surface area contributed by atoms with Crippen LogP contribution in [0.5, 0.6) is 5.75 Å². The van der Waals surface area contributed by atoms with Gasteiger partial charge in [0.15, 0.2) is 0 Å². The van der Waals surface area contributed by atoms with Crippen molar-refractivity contribution in [1.82, 2.24) is 19.6 Å². The minimum atomic E-state index is -0.496. The van der Waals surface area contributed by atoms with E-state index in [2.05, 4.69) is 10.2 Å². The van der Waals surface area contributed by atoms with Crippen LogP contribution < -0.4 is 4.74 Å². The van der Waals surface area contributed by atoms with Gasteiger partial charge in [-0.2, -0.15) is 10.2 Å². The molecule has 9 nitrogen and oxygen atoms in total. The summed E-state index contributed by atoms with van der Waals surface area (Å²) in [4.78, 5) is 22.5. The lowest BCUT2D eigenvalue weighted by Gasteiger charge is -2.09. The van der Waals surface area contributed by atoms with Crippen LogP contribution in [0.1, 0.15) is 21.6 Å².